The maximum absolute atomic E-state index is 11.9. The molecule has 4 nitrogen and oxygen atoms in total. The molecular weight excluding hydrogens is 226 g/mol. The van der Waals surface area contributed by atoms with E-state index in [2.05, 4.69) is 15.6 Å². The van der Waals surface area contributed by atoms with Crippen molar-refractivity contribution in [1.82, 2.24) is 10.3 Å². The van der Waals surface area contributed by atoms with Crippen LogP contribution >= 0.6 is 0 Å². The van der Waals surface area contributed by atoms with E-state index in [0.717, 1.165) is 22.3 Å². The standard InChI is InChI=1S/C14H17N3O/c1-9-8-13(17-14(18)10(2)15-3)11-6-4-5-7-12(11)16-9/h4-8,10,15H,1-3H3,(H,16,17,18). The molecule has 0 aliphatic carbocycles. The molecule has 2 aromatic rings. The summed E-state index contributed by atoms with van der Waals surface area (Å²) in [4.78, 5) is 16.3. The van der Waals surface area contributed by atoms with Gasteiger partial charge in [0.1, 0.15) is 0 Å². The van der Waals surface area contributed by atoms with Crippen LogP contribution in [0, 0.1) is 6.92 Å². The topological polar surface area (TPSA) is 54.0 Å². The molecule has 0 aliphatic rings. The second-order valence-electron chi connectivity index (χ2n) is 4.33. The zero-order valence-corrected chi connectivity index (χ0v) is 10.8. The van der Waals surface area contributed by atoms with Crippen molar-refractivity contribution < 1.29 is 4.79 Å². The number of amides is 1. The minimum atomic E-state index is -0.225. The van der Waals surface area contributed by atoms with E-state index in [1.165, 1.54) is 0 Å². The zero-order chi connectivity index (χ0) is 13.1. The molecule has 0 saturated heterocycles. The van der Waals surface area contributed by atoms with Gasteiger partial charge in [-0.3, -0.25) is 9.78 Å². The van der Waals surface area contributed by atoms with Crippen molar-refractivity contribution in [3.05, 3.63) is 36.0 Å². The number of hydrogen-bond donors (Lipinski definition) is 2. The third-order valence-electron chi connectivity index (χ3n) is 2.93. The Labute approximate surface area is 106 Å². The number of carbonyl (C=O) groups excluding carboxylic acids is 1. The lowest BCUT2D eigenvalue weighted by Gasteiger charge is -2.13. The molecule has 2 N–H and O–H groups in total. The molecule has 2 rings (SSSR count). The van der Waals surface area contributed by atoms with Gasteiger partial charge in [0.2, 0.25) is 5.91 Å². The fourth-order valence-corrected chi connectivity index (χ4v) is 1.78. The summed E-state index contributed by atoms with van der Waals surface area (Å²) in [6, 6.07) is 9.45. The third kappa shape index (κ3) is 2.49. The van der Waals surface area contributed by atoms with Gasteiger partial charge in [0, 0.05) is 11.1 Å². The smallest absolute Gasteiger partial charge is 0.241 e. The minimum absolute atomic E-state index is 0.0479. The highest BCUT2D eigenvalue weighted by molar-refractivity contribution is 6.02. The van der Waals surface area contributed by atoms with Crippen LogP contribution in [0.5, 0.6) is 0 Å². The van der Waals surface area contributed by atoms with E-state index < -0.39 is 0 Å². The first-order valence-electron chi connectivity index (χ1n) is 5.96. The van der Waals surface area contributed by atoms with Crippen molar-refractivity contribution in [3.8, 4) is 0 Å². The second-order valence-corrected chi connectivity index (χ2v) is 4.33. The molecule has 1 heterocycles. The molecule has 0 radical (unpaired) electrons. The summed E-state index contributed by atoms with van der Waals surface area (Å²) in [6.07, 6.45) is 0. The van der Waals surface area contributed by atoms with Crippen LogP contribution in [0.3, 0.4) is 0 Å². The largest absolute Gasteiger partial charge is 0.324 e. The number of benzene rings is 1. The van der Waals surface area contributed by atoms with Crippen LogP contribution in [-0.4, -0.2) is 24.0 Å². The molecule has 18 heavy (non-hydrogen) atoms. The van der Waals surface area contributed by atoms with E-state index >= 15 is 0 Å². The van der Waals surface area contributed by atoms with Crippen LogP contribution < -0.4 is 10.6 Å². The SMILES string of the molecule is CNC(C)C(=O)Nc1cc(C)nc2ccccc12. The summed E-state index contributed by atoms with van der Waals surface area (Å²) in [5, 5.41) is 6.81. The highest BCUT2D eigenvalue weighted by Gasteiger charge is 2.12. The molecule has 1 unspecified atom stereocenters. The Morgan fingerprint density at radius 2 is 2.06 bits per heavy atom. The van der Waals surface area contributed by atoms with Crippen molar-refractivity contribution in [2.45, 2.75) is 19.9 Å². The van der Waals surface area contributed by atoms with Crippen molar-refractivity contribution in [1.29, 1.82) is 0 Å². The molecule has 0 aliphatic heterocycles. The lowest BCUT2D eigenvalue weighted by atomic mass is 10.1. The first kappa shape index (κ1) is 12.5. The van der Waals surface area contributed by atoms with Gasteiger partial charge in [-0.25, -0.2) is 0 Å². The molecule has 0 bridgehead atoms. The van der Waals surface area contributed by atoms with E-state index in [4.69, 9.17) is 0 Å². The summed E-state index contributed by atoms with van der Waals surface area (Å²) in [7, 11) is 1.76. The number of carbonyl (C=O) groups is 1. The molecule has 4 heteroatoms. The number of nitrogens with zero attached hydrogens (tertiary/aromatic N) is 1. The Morgan fingerprint density at radius 1 is 1.33 bits per heavy atom. The Hall–Kier alpha value is -1.94. The Bertz CT molecular complexity index is 580. The van der Waals surface area contributed by atoms with Gasteiger partial charge in [-0.1, -0.05) is 18.2 Å². The Balaban J connectivity index is 2.41. The molecular formula is C14H17N3O. The molecule has 94 valence electrons. The lowest BCUT2D eigenvalue weighted by molar-refractivity contribution is -0.117. The number of aromatic nitrogens is 1. The summed E-state index contributed by atoms with van der Waals surface area (Å²) in [5.74, 6) is -0.0479. The van der Waals surface area contributed by atoms with Crippen molar-refractivity contribution >= 4 is 22.5 Å². The van der Waals surface area contributed by atoms with Crippen molar-refractivity contribution in [2.24, 2.45) is 0 Å². The molecule has 1 atom stereocenters. The number of para-hydroxylation sites is 1. The van der Waals surface area contributed by atoms with E-state index in [-0.39, 0.29) is 11.9 Å². The van der Waals surface area contributed by atoms with Gasteiger partial charge in [0.25, 0.3) is 0 Å². The minimum Gasteiger partial charge on any atom is -0.324 e. The van der Waals surface area contributed by atoms with Crippen molar-refractivity contribution in [3.63, 3.8) is 0 Å². The van der Waals surface area contributed by atoms with Crippen molar-refractivity contribution in [2.75, 3.05) is 12.4 Å². The molecule has 1 aromatic carbocycles. The number of pyridine rings is 1. The van der Waals surface area contributed by atoms with Crippen LogP contribution in [0.25, 0.3) is 10.9 Å². The summed E-state index contributed by atoms with van der Waals surface area (Å²) < 4.78 is 0. The van der Waals surface area contributed by atoms with E-state index in [1.807, 2.05) is 44.2 Å². The Kier molecular flexibility index (Phi) is 3.58. The summed E-state index contributed by atoms with van der Waals surface area (Å²) in [6.45, 7) is 3.75. The molecule has 0 fully saturated rings. The van der Waals surface area contributed by atoms with Gasteiger partial charge in [0.15, 0.2) is 0 Å². The Morgan fingerprint density at radius 3 is 2.78 bits per heavy atom. The molecule has 1 aromatic heterocycles. The normalized spacial score (nSPS) is 12.4. The number of fused-ring (bicyclic) bond motifs is 1. The average molecular weight is 243 g/mol. The molecule has 0 saturated carbocycles. The number of hydrogen-bond acceptors (Lipinski definition) is 3. The predicted octanol–water partition coefficient (Wildman–Crippen LogP) is 2.09. The second kappa shape index (κ2) is 5.14. The van der Waals surface area contributed by atoms with Gasteiger partial charge in [-0.15, -0.1) is 0 Å². The van der Waals surface area contributed by atoms with E-state index in [1.54, 1.807) is 7.05 Å². The molecule has 1 amide bonds. The van der Waals surface area contributed by atoms with Gasteiger partial charge in [0.05, 0.1) is 17.2 Å². The van der Waals surface area contributed by atoms with Crippen LogP contribution in [0.15, 0.2) is 30.3 Å². The lowest BCUT2D eigenvalue weighted by Crippen LogP contribution is -2.35. The van der Waals surface area contributed by atoms with Gasteiger partial charge >= 0.3 is 0 Å². The van der Waals surface area contributed by atoms with Crippen LogP contribution in [0.4, 0.5) is 5.69 Å². The quantitative estimate of drug-likeness (QED) is 0.868. The predicted molar refractivity (Wildman–Crippen MR) is 73.6 cm³/mol. The fraction of sp³-hybridized carbons (Fsp3) is 0.286. The third-order valence-corrected chi connectivity index (χ3v) is 2.93. The average Bonchev–Trinajstić information content (AvgIpc) is 2.37. The van der Waals surface area contributed by atoms with Crippen LogP contribution in [0.2, 0.25) is 0 Å². The summed E-state index contributed by atoms with van der Waals surface area (Å²) >= 11 is 0. The fourth-order valence-electron chi connectivity index (χ4n) is 1.78. The number of aryl methyl sites for hydroxylation is 1. The van der Waals surface area contributed by atoms with Crippen LogP contribution in [-0.2, 0) is 4.79 Å². The molecule has 0 spiro atoms. The zero-order valence-electron chi connectivity index (χ0n) is 10.8. The van der Waals surface area contributed by atoms with Crippen LogP contribution in [0.1, 0.15) is 12.6 Å². The van der Waals surface area contributed by atoms with Gasteiger partial charge in [-0.05, 0) is 33.0 Å². The number of nitrogens with one attached hydrogen (secondary N) is 2. The van der Waals surface area contributed by atoms with Gasteiger partial charge in [-0.2, -0.15) is 0 Å². The first-order chi connectivity index (χ1) is 8.61. The maximum Gasteiger partial charge on any atom is 0.241 e. The number of anilines is 1. The number of likely N-dealkylation sites (N-methyl/N-ethyl adjacent to an activating group) is 1. The summed E-state index contributed by atoms with van der Waals surface area (Å²) in [5.41, 5.74) is 2.59. The highest BCUT2D eigenvalue weighted by atomic mass is 16.2. The van der Waals surface area contributed by atoms with E-state index in [0.29, 0.717) is 0 Å². The van der Waals surface area contributed by atoms with E-state index in [9.17, 15) is 4.79 Å². The van der Waals surface area contributed by atoms with Gasteiger partial charge < -0.3 is 10.6 Å². The maximum atomic E-state index is 11.9. The number of rotatable bonds is 3. The highest BCUT2D eigenvalue weighted by Crippen LogP contribution is 2.22. The monoisotopic (exact) mass is 243 g/mol. The first-order valence-corrected chi connectivity index (χ1v) is 5.96.